The molecule has 7 heteroatoms. The van der Waals surface area contributed by atoms with Gasteiger partial charge in [-0.1, -0.05) is 78.9 Å². The van der Waals surface area contributed by atoms with Crippen molar-refractivity contribution >= 4 is 33.1 Å². The van der Waals surface area contributed by atoms with E-state index >= 15 is 0 Å². The van der Waals surface area contributed by atoms with Crippen LogP contribution in [-0.4, -0.2) is 15.4 Å². The highest BCUT2D eigenvalue weighted by Crippen LogP contribution is 2.27. The largest absolute Gasteiger partial charge is 0.316 e. The van der Waals surface area contributed by atoms with Crippen LogP contribution in [0.4, 0.5) is 5.69 Å². The van der Waals surface area contributed by atoms with Gasteiger partial charge in [-0.05, 0) is 23.6 Å². The molecular formula is C24H21N3O3S. The predicted octanol–water partition coefficient (Wildman–Crippen LogP) is 5.28. The first-order chi connectivity index (χ1) is 15.1. The molecule has 4 rings (SSSR count). The summed E-state index contributed by atoms with van der Waals surface area (Å²) in [4.78, 5) is 29.3. The molecule has 0 aliphatic heterocycles. The summed E-state index contributed by atoms with van der Waals surface area (Å²) in [7, 11) is 0. The second kappa shape index (κ2) is 9.06. The molecule has 1 amide bonds. The summed E-state index contributed by atoms with van der Waals surface area (Å²) in [6.45, 7) is 2.72. The zero-order valence-electron chi connectivity index (χ0n) is 17.0. The van der Waals surface area contributed by atoms with Gasteiger partial charge in [0.25, 0.3) is 11.6 Å². The maximum absolute atomic E-state index is 13.4. The van der Waals surface area contributed by atoms with Crippen LogP contribution < -0.4 is 4.80 Å². The van der Waals surface area contributed by atoms with E-state index in [-0.39, 0.29) is 11.6 Å². The van der Waals surface area contributed by atoms with Gasteiger partial charge in [0.15, 0.2) is 4.80 Å². The summed E-state index contributed by atoms with van der Waals surface area (Å²) in [5.74, 6) is -0.777. The molecule has 0 bridgehead atoms. The molecule has 0 saturated heterocycles. The molecule has 0 radical (unpaired) electrons. The van der Waals surface area contributed by atoms with Crippen molar-refractivity contribution in [2.75, 3.05) is 0 Å². The van der Waals surface area contributed by atoms with Gasteiger partial charge >= 0.3 is 0 Å². The number of benzene rings is 3. The maximum atomic E-state index is 13.4. The number of carbonyl (C=O) groups is 1. The Labute approximate surface area is 183 Å². The van der Waals surface area contributed by atoms with E-state index in [4.69, 9.17) is 0 Å². The molecule has 0 atom stereocenters. The van der Waals surface area contributed by atoms with E-state index in [1.807, 2.05) is 72.2 Å². The number of rotatable bonds is 6. The Kier molecular flexibility index (Phi) is 6.04. The monoisotopic (exact) mass is 431 g/mol. The molecule has 1 heterocycles. The molecule has 0 saturated carbocycles. The molecule has 31 heavy (non-hydrogen) atoms. The van der Waals surface area contributed by atoms with Crippen LogP contribution in [0, 0.1) is 10.1 Å². The number of nitro benzene ring substituents is 1. The summed E-state index contributed by atoms with van der Waals surface area (Å²) in [6, 6.07) is 24.0. The lowest BCUT2D eigenvalue weighted by Crippen LogP contribution is -2.20. The minimum Gasteiger partial charge on any atom is -0.316 e. The quantitative estimate of drug-likeness (QED) is 0.308. The Morgan fingerprint density at radius 3 is 2.19 bits per heavy atom. The molecular weight excluding hydrogens is 410 g/mol. The van der Waals surface area contributed by atoms with Gasteiger partial charge in [0.2, 0.25) is 0 Å². The van der Waals surface area contributed by atoms with Gasteiger partial charge in [-0.3, -0.25) is 14.9 Å². The minimum atomic E-state index is -0.517. The summed E-state index contributed by atoms with van der Waals surface area (Å²) in [5.41, 5.74) is 2.63. The van der Waals surface area contributed by atoms with E-state index in [2.05, 4.69) is 4.99 Å². The van der Waals surface area contributed by atoms with Gasteiger partial charge in [0.1, 0.15) is 0 Å². The fraction of sp³-hybridized carbons (Fsp3) is 0.167. The fourth-order valence-corrected chi connectivity index (χ4v) is 4.72. The normalized spacial score (nSPS) is 11.9. The van der Waals surface area contributed by atoms with Gasteiger partial charge in [0.05, 0.1) is 21.1 Å². The first-order valence-corrected chi connectivity index (χ1v) is 10.9. The molecule has 4 aromatic rings. The number of fused-ring (bicyclic) bond motifs is 1. The van der Waals surface area contributed by atoms with Crippen molar-refractivity contribution in [3.05, 3.63) is 105 Å². The van der Waals surface area contributed by atoms with Crippen molar-refractivity contribution in [3.63, 3.8) is 0 Å². The molecule has 0 aliphatic rings. The van der Waals surface area contributed by atoms with Crippen LogP contribution in [0.1, 0.15) is 30.4 Å². The third-order valence-corrected chi connectivity index (χ3v) is 6.08. The standard InChI is InChI=1S/C24H21N3O3S/c1-2-15-26-20-14-13-19(27(29)30)16-21(20)31-24(26)25-23(28)22(17-9-5-3-6-10-17)18-11-7-4-8-12-18/h3-14,16,22H,2,15H2,1H3. The topological polar surface area (TPSA) is 77.5 Å². The zero-order valence-corrected chi connectivity index (χ0v) is 17.8. The highest BCUT2D eigenvalue weighted by Gasteiger charge is 2.23. The number of carbonyl (C=O) groups excluding carboxylic acids is 1. The number of hydrogen-bond donors (Lipinski definition) is 0. The number of thiazole rings is 1. The van der Waals surface area contributed by atoms with Gasteiger partial charge in [-0.15, -0.1) is 0 Å². The Morgan fingerprint density at radius 2 is 1.65 bits per heavy atom. The second-order valence-electron chi connectivity index (χ2n) is 7.15. The number of nitro groups is 1. The van der Waals surface area contributed by atoms with Crippen molar-refractivity contribution in [2.24, 2.45) is 4.99 Å². The van der Waals surface area contributed by atoms with Gasteiger partial charge in [-0.25, -0.2) is 0 Å². The van der Waals surface area contributed by atoms with Crippen LogP contribution in [0.5, 0.6) is 0 Å². The number of aromatic nitrogens is 1. The number of non-ortho nitro benzene ring substituents is 1. The lowest BCUT2D eigenvalue weighted by Gasteiger charge is -2.14. The average molecular weight is 432 g/mol. The zero-order chi connectivity index (χ0) is 21.8. The summed E-state index contributed by atoms with van der Waals surface area (Å²) in [5, 5.41) is 11.2. The average Bonchev–Trinajstić information content (AvgIpc) is 3.12. The van der Waals surface area contributed by atoms with Crippen molar-refractivity contribution in [3.8, 4) is 0 Å². The van der Waals surface area contributed by atoms with Crippen LogP contribution in [-0.2, 0) is 11.3 Å². The van der Waals surface area contributed by atoms with Crippen molar-refractivity contribution < 1.29 is 9.72 Å². The summed E-state index contributed by atoms with van der Waals surface area (Å²) in [6.07, 6.45) is 0.852. The SMILES string of the molecule is CCCn1c(=NC(=O)C(c2ccccc2)c2ccccc2)sc2cc([N+](=O)[O-])ccc21. The predicted molar refractivity (Wildman–Crippen MR) is 122 cm³/mol. The van der Waals surface area contributed by atoms with E-state index in [0.29, 0.717) is 11.3 Å². The molecule has 0 fully saturated rings. The molecule has 1 aromatic heterocycles. The van der Waals surface area contributed by atoms with Gasteiger partial charge in [-0.2, -0.15) is 4.99 Å². The number of nitrogens with zero attached hydrogens (tertiary/aromatic N) is 3. The van der Waals surface area contributed by atoms with E-state index < -0.39 is 10.8 Å². The van der Waals surface area contributed by atoms with E-state index in [9.17, 15) is 14.9 Å². The molecule has 0 N–H and O–H groups in total. The second-order valence-corrected chi connectivity index (χ2v) is 8.16. The van der Waals surface area contributed by atoms with Crippen molar-refractivity contribution in [1.82, 2.24) is 4.57 Å². The van der Waals surface area contributed by atoms with E-state index in [1.54, 1.807) is 12.1 Å². The number of hydrogen-bond acceptors (Lipinski definition) is 4. The first-order valence-electron chi connectivity index (χ1n) is 10.0. The molecule has 0 unspecified atom stereocenters. The third kappa shape index (κ3) is 4.32. The van der Waals surface area contributed by atoms with Crippen LogP contribution in [0.15, 0.2) is 83.9 Å². The summed E-state index contributed by atoms with van der Waals surface area (Å²) >= 11 is 1.30. The van der Waals surface area contributed by atoms with Crippen LogP contribution in [0.25, 0.3) is 10.2 Å². The smallest absolute Gasteiger partial charge is 0.270 e. The van der Waals surface area contributed by atoms with Crippen LogP contribution in [0.3, 0.4) is 0 Å². The molecule has 3 aromatic carbocycles. The fourth-order valence-electron chi connectivity index (χ4n) is 3.63. The van der Waals surface area contributed by atoms with E-state index in [0.717, 1.165) is 27.8 Å². The Hall–Kier alpha value is -3.58. The molecule has 0 aliphatic carbocycles. The lowest BCUT2D eigenvalue weighted by molar-refractivity contribution is -0.384. The van der Waals surface area contributed by atoms with Crippen LogP contribution in [0.2, 0.25) is 0 Å². The molecule has 156 valence electrons. The highest BCUT2D eigenvalue weighted by atomic mass is 32.1. The van der Waals surface area contributed by atoms with Crippen molar-refractivity contribution in [2.45, 2.75) is 25.8 Å². The van der Waals surface area contributed by atoms with Gasteiger partial charge in [0, 0.05) is 18.7 Å². The first kappa shape index (κ1) is 20.7. The highest BCUT2D eigenvalue weighted by molar-refractivity contribution is 7.16. The van der Waals surface area contributed by atoms with Crippen molar-refractivity contribution in [1.29, 1.82) is 0 Å². The third-order valence-electron chi connectivity index (χ3n) is 5.04. The van der Waals surface area contributed by atoms with E-state index in [1.165, 1.54) is 17.4 Å². The number of aryl methyl sites for hydroxylation is 1. The van der Waals surface area contributed by atoms with Crippen LogP contribution >= 0.6 is 11.3 Å². The number of amides is 1. The Morgan fingerprint density at radius 1 is 1.03 bits per heavy atom. The molecule has 0 spiro atoms. The Balaban J connectivity index is 1.86. The lowest BCUT2D eigenvalue weighted by atomic mass is 9.91. The Bertz CT molecular complexity index is 1250. The minimum absolute atomic E-state index is 0.0294. The maximum Gasteiger partial charge on any atom is 0.270 e. The van der Waals surface area contributed by atoms with Gasteiger partial charge < -0.3 is 4.57 Å². The molecule has 6 nitrogen and oxygen atoms in total. The summed E-state index contributed by atoms with van der Waals surface area (Å²) < 4.78 is 2.71.